The summed E-state index contributed by atoms with van der Waals surface area (Å²) in [4.78, 5) is 0. The molecule has 1 heteroatoms. The number of phenolic OH excluding ortho intramolecular Hbond substituents is 1. The molecule has 0 unspecified atom stereocenters. The van der Waals surface area contributed by atoms with E-state index in [1.165, 1.54) is 36.0 Å². The number of aromatic hydroxyl groups is 1. The first-order valence-corrected chi connectivity index (χ1v) is 8.59. The molecule has 0 fully saturated rings. The first-order valence-electron chi connectivity index (χ1n) is 8.59. The van der Waals surface area contributed by atoms with Crippen molar-refractivity contribution in [2.45, 2.75) is 65.2 Å². The maximum atomic E-state index is 10.5. The molecular weight excluding hydrogens is 268 g/mol. The van der Waals surface area contributed by atoms with Gasteiger partial charge < -0.3 is 5.11 Å². The van der Waals surface area contributed by atoms with Crippen molar-refractivity contribution in [3.63, 3.8) is 0 Å². The van der Waals surface area contributed by atoms with Crippen LogP contribution >= 0.6 is 0 Å². The number of aryl methyl sites for hydroxylation is 1. The van der Waals surface area contributed by atoms with Gasteiger partial charge in [0.25, 0.3) is 0 Å². The molecule has 2 atom stereocenters. The van der Waals surface area contributed by atoms with Crippen LogP contribution in [0.2, 0.25) is 0 Å². The van der Waals surface area contributed by atoms with E-state index in [1.807, 2.05) is 6.07 Å². The van der Waals surface area contributed by atoms with Gasteiger partial charge in [-0.3, -0.25) is 0 Å². The Balaban J connectivity index is 2.23. The lowest BCUT2D eigenvalue weighted by Gasteiger charge is -2.31. The van der Waals surface area contributed by atoms with Crippen molar-refractivity contribution in [3.05, 3.63) is 53.1 Å². The maximum Gasteiger partial charge on any atom is 0.120 e. The lowest BCUT2D eigenvalue weighted by Crippen LogP contribution is -2.17. The standard InChI is InChI=1S/C21H29O/c1-5-6-7-8-17-10-12-19(21(22)14-17)20-13-16(4)9-11-18(20)15(2)3/h10,13-14,18,20,22H,2,5-9,11H2,1,3-4H3/t18-,20+/m0/s1. The van der Waals surface area contributed by atoms with Gasteiger partial charge in [-0.05, 0) is 63.1 Å². The Hall–Kier alpha value is -1.50. The Morgan fingerprint density at radius 2 is 2.18 bits per heavy atom. The minimum absolute atomic E-state index is 0.218. The zero-order chi connectivity index (χ0) is 16.1. The summed E-state index contributed by atoms with van der Waals surface area (Å²) in [6.45, 7) is 10.6. The summed E-state index contributed by atoms with van der Waals surface area (Å²) < 4.78 is 0. The van der Waals surface area contributed by atoms with Gasteiger partial charge in [0.05, 0.1) is 0 Å². The van der Waals surface area contributed by atoms with Crippen LogP contribution in [-0.4, -0.2) is 5.11 Å². The first kappa shape index (κ1) is 16.9. The van der Waals surface area contributed by atoms with Crippen molar-refractivity contribution in [3.8, 4) is 5.75 Å². The van der Waals surface area contributed by atoms with E-state index in [9.17, 15) is 5.11 Å². The molecule has 1 aromatic carbocycles. The van der Waals surface area contributed by atoms with Crippen LogP contribution in [0.5, 0.6) is 5.75 Å². The smallest absolute Gasteiger partial charge is 0.120 e. The minimum Gasteiger partial charge on any atom is -0.508 e. The Bertz CT molecular complexity index is 553. The van der Waals surface area contributed by atoms with Gasteiger partial charge in [0, 0.05) is 11.5 Å². The van der Waals surface area contributed by atoms with Crippen molar-refractivity contribution in [1.29, 1.82) is 0 Å². The topological polar surface area (TPSA) is 20.2 Å². The number of allylic oxidation sites excluding steroid dienone is 3. The van der Waals surface area contributed by atoms with Crippen LogP contribution in [0.1, 0.15) is 69.9 Å². The summed E-state index contributed by atoms with van der Waals surface area (Å²) in [6.07, 6.45) is 9.22. The molecule has 119 valence electrons. The zero-order valence-electron chi connectivity index (χ0n) is 14.3. The van der Waals surface area contributed by atoms with E-state index in [0.717, 1.165) is 24.8 Å². The molecule has 0 bridgehead atoms. The Morgan fingerprint density at radius 1 is 1.41 bits per heavy atom. The summed E-state index contributed by atoms with van der Waals surface area (Å²) in [5.41, 5.74) is 4.74. The summed E-state index contributed by atoms with van der Waals surface area (Å²) in [5.74, 6) is 1.03. The third-order valence-electron chi connectivity index (χ3n) is 4.79. The number of hydrogen-bond acceptors (Lipinski definition) is 1. The fourth-order valence-corrected chi connectivity index (χ4v) is 3.44. The molecule has 0 amide bonds. The lowest BCUT2D eigenvalue weighted by atomic mass is 9.74. The van der Waals surface area contributed by atoms with Crippen molar-refractivity contribution in [2.75, 3.05) is 0 Å². The van der Waals surface area contributed by atoms with Gasteiger partial charge >= 0.3 is 0 Å². The van der Waals surface area contributed by atoms with E-state index in [4.69, 9.17) is 0 Å². The molecule has 0 aromatic heterocycles. The molecule has 1 aromatic rings. The molecular formula is C21H29O. The molecule has 1 nitrogen and oxygen atoms in total. The highest BCUT2D eigenvalue weighted by Crippen LogP contribution is 2.42. The first-order chi connectivity index (χ1) is 10.5. The molecule has 0 spiro atoms. The third-order valence-corrected chi connectivity index (χ3v) is 4.79. The normalized spacial score (nSPS) is 21.5. The maximum absolute atomic E-state index is 10.5. The molecule has 0 aliphatic heterocycles. The van der Waals surface area contributed by atoms with E-state index in [1.54, 1.807) is 0 Å². The Labute approximate surface area is 135 Å². The van der Waals surface area contributed by atoms with Gasteiger partial charge in [0.1, 0.15) is 5.75 Å². The highest BCUT2D eigenvalue weighted by molar-refractivity contribution is 5.42. The number of hydrogen-bond donors (Lipinski definition) is 1. The monoisotopic (exact) mass is 297 g/mol. The molecule has 0 saturated heterocycles. The van der Waals surface area contributed by atoms with Crippen LogP contribution in [0.3, 0.4) is 0 Å². The van der Waals surface area contributed by atoms with E-state index >= 15 is 0 Å². The molecule has 1 aliphatic carbocycles. The summed E-state index contributed by atoms with van der Waals surface area (Å²) in [5, 5.41) is 10.5. The van der Waals surface area contributed by atoms with Crippen molar-refractivity contribution in [1.82, 2.24) is 0 Å². The quantitative estimate of drug-likeness (QED) is 0.509. The number of benzene rings is 1. The Morgan fingerprint density at radius 3 is 2.82 bits per heavy atom. The van der Waals surface area contributed by atoms with Crippen LogP contribution in [0.4, 0.5) is 0 Å². The van der Waals surface area contributed by atoms with E-state index in [0.29, 0.717) is 11.7 Å². The summed E-state index contributed by atoms with van der Waals surface area (Å²) >= 11 is 0. The molecule has 0 heterocycles. The molecule has 1 radical (unpaired) electrons. The summed E-state index contributed by atoms with van der Waals surface area (Å²) in [6, 6.07) is 7.38. The fraction of sp³-hybridized carbons (Fsp3) is 0.524. The average Bonchev–Trinajstić information content (AvgIpc) is 2.47. The molecule has 1 N–H and O–H groups in total. The van der Waals surface area contributed by atoms with E-state index in [2.05, 4.69) is 45.6 Å². The third kappa shape index (κ3) is 4.03. The number of rotatable bonds is 6. The van der Waals surface area contributed by atoms with Gasteiger partial charge in [0.2, 0.25) is 0 Å². The van der Waals surface area contributed by atoms with Gasteiger partial charge in [-0.1, -0.05) is 49.6 Å². The SMILES string of the molecule is C=C(C)[C@@H]1CCC(C)=C[C@H]1c1[c]cc(CCCCC)cc1O. The van der Waals surface area contributed by atoms with Crippen LogP contribution < -0.4 is 0 Å². The second-order valence-electron chi connectivity index (χ2n) is 6.79. The minimum atomic E-state index is 0.218. The van der Waals surface area contributed by atoms with Gasteiger partial charge in [-0.25, -0.2) is 0 Å². The molecule has 1 aliphatic rings. The summed E-state index contributed by atoms with van der Waals surface area (Å²) in [7, 11) is 0. The average molecular weight is 297 g/mol. The van der Waals surface area contributed by atoms with Gasteiger partial charge in [0.15, 0.2) is 0 Å². The zero-order valence-corrected chi connectivity index (χ0v) is 14.3. The second-order valence-corrected chi connectivity index (χ2v) is 6.79. The highest BCUT2D eigenvalue weighted by atomic mass is 16.3. The largest absolute Gasteiger partial charge is 0.508 e. The molecule has 22 heavy (non-hydrogen) atoms. The van der Waals surface area contributed by atoms with Gasteiger partial charge in [-0.15, -0.1) is 0 Å². The highest BCUT2D eigenvalue weighted by Gasteiger charge is 2.27. The van der Waals surface area contributed by atoms with E-state index in [-0.39, 0.29) is 5.92 Å². The van der Waals surface area contributed by atoms with Crippen LogP contribution in [-0.2, 0) is 6.42 Å². The predicted octanol–water partition coefficient (Wildman–Crippen LogP) is 5.94. The van der Waals surface area contributed by atoms with Crippen LogP contribution in [0.15, 0.2) is 35.9 Å². The van der Waals surface area contributed by atoms with Crippen molar-refractivity contribution in [2.24, 2.45) is 5.92 Å². The van der Waals surface area contributed by atoms with Crippen LogP contribution in [0.25, 0.3) is 0 Å². The molecule has 0 saturated carbocycles. The van der Waals surface area contributed by atoms with Crippen molar-refractivity contribution < 1.29 is 5.11 Å². The number of unbranched alkanes of at least 4 members (excludes halogenated alkanes) is 2. The fourth-order valence-electron chi connectivity index (χ4n) is 3.44. The van der Waals surface area contributed by atoms with Crippen molar-refractivity contribution >= 4 is 0 Å². The van der Waals surface area contributed by atoms with Crippen LogP contribution in [0, 0.1) is 12.0 Å². The number of phenols is 1. The second kappa shape index (κ2) is 7.67. The van der Waals surface area contributed by atoms with Gasteiger partial charge in [-0.2, -0.15) is 0 Å². The molecule has 2 rings (SSSR count). The Kier molecular flexibility index (Phi) is 5.88. The predicted molar refractivity (Wildman–Crippen MR) is 94.2 cm³/mol. The lowest BCUT2D eigenvalue weighted by molar-refractivity contribution is 0.435. The van der Waals surface area contributed by atoms with E-state index < -0.39 is 0 Å².